The molecule has 26 heavy (non-hydrogen) atoms. The highest BCUT2D eigenvalue weighted by molar-refractivity contribution is 9.10. The van der Waals surface area contributed by atoms with Crippen LogP contribution in [0.15, 0.2) is 53.1 Å². The largest absolute Gasteiger partial charge is 0.326 e. The highest BCUT2D eigenvalue weighted by Gasteiger charge is 2.29. The Morgan fingerprint density at radius 3 is 2.62 bits per heavy atom. The van der Waals surface area contributed by atoms with E-state index in [2.05, 4.69) is 21.2 Å². The summed E-state index contributed by atoms with van der Waals surface area (Å²) in [6.45, 7) is 3.91. The molecule has 2 amide bonds. The van der Waals surface area contributed by atoms with Gasteiger partial charge in [0.15, 0.2) is 5.78 Å². The monoisotopic (exact) mass is 416 g/mol. The Hall–Kier alpha value is -2.47. The third-order valence-corrected chi connectivity index (χ3v) is 5.33. The first-order chi connectivity index (χ1) is 12.3. The summed E-state index contributed by atoms with van der Waals surface area (Å²) in [5.41, 5.74) is 3.41. The van der Waals surface area contributed by atoms with Gasteiger partial charge in [-0.2, -0.15) is 0 Å². The van der Waals surface area contributed by atoms with Crippen LogP contribution in [0, 0.1) is 19.7 Å². The van der Waals surface area contributed by atoms with Crippen molar-refractivity contribution >= 4 is 33.4 Å². The van der Waals surface area contributed by atoms with Crippen molar-refractivity contribution in [2.45, 2.75) is 26.3 Å². The zero-order valence-corrected chi connectivity index (χ0v) is 16.0. The molecule has 0 saturated heterocycles. The smallest absolute Gasteiger partial charge is 0.306 e. The lowest BCUT2D eigenvalue weighted by Crippen LogP contribution is -2.37. The van der Waals surface area contributed by atoms with Gasteiger partial charge in [0.1, 0.15) is 5.82 Å². The van der Waals surface area contributed by atoms with Crippen LogP contribution in [0.3, 0.4) is 0 Å². The first-order valence-electron chi connectivity index (χ1n) is 8.17. The molecule has 0 radical (unpaired) electrons. The van der Waals surface area contributed by atoms with Crippen molar-refractivity contribution in [3.8, 4) is 0 Å². The molecule has 1 N–H and O–H groups in total. The van der Waals surface area contributed by atoms with Crippen LogP contribution in [0.4, 0.5) is 14.9 Å². The lowest BCUT2D eigenvalue weighted by molar-refractivity contribution is -0.116. The fourth-order valence-corrected chi connectivity index (χ4v) is 3.35. The van der Waals surface area contributed by atoms with Gasteiger partial charge in [-0.3, -0.25) is 9.69 Å². The molecule has 134 valence electrons. The van der Waals surface area contributed by atoms with E-state index in [0.29, 0.717) is 11.3 Å². The predicted octanol–water partition coefficient (Wildman–Crippen LogP) is 5.27. The van der Waals surface area contributed by atoms with E-state index in [4.69, 9.17) is 0 Å². The van der Waals surface area contributed by atoms with Crippen LogP contribution in [0.1, 0.15) is 29.2 Å². The molecule has 1 atom stereocenters. The summed E-state index contributed by atoms with van der Waals surface area (Å²) < 4.78 is 14.0. The summed E-state index contributed by atoms with van der Waals surface area (Å²) in [4.78, 5) is 26.2. The minimum Gasteiger partial charge on any atom is -0.306 e. The lowest BCUT2D eigenvalue weighted by atomic mass is 9.97. The maximum Gasteiger partial charge on any atom is 0.326 e. The first-order valence-corrected chi connectivity index (χ1v) is 8.97. The van der Waals surface area contributed by atoms with Gasteiger partial charge in [-0.1, -0.05) is 18.2 Å². The van der Waals surface area contributed by atoms with E-state index in [1.807, 2.05) is 26.0 Å². The van der Waals surface area contributed by atoms with Crippen molar-refractivity contribution in [2.75, 3.05) is 5.32 Å². The normalized spacial score (nSPS) is 16.7. The van der Waals surface area contributed by atoms with E-state index >= 15 is 0 Å². The molecule has 0 aliphatic carbocycles. The van der Waals surface area contributed by atoms with Crippen molar-refractivity contribution in [1.82, 2.24) is 4.90 Å². The first kappa shape index (κ1) is 18.3. The number of carbonyl (C=O) groups is 2. The van der Waals surface area contributed by atoms with Gasteiger partial charge in [-0.05, 0) is 70.7 Å². The lowest BCUT2D eigenvalue weighted by Gasteiger charge is -2.31. The average molecular weight is 417 g/mol. The molecule has 1 aliphatic rings. The quantitative estimate of drug-likeness (QED) is 0.724. The number of hydrogen-bond acceptors (Lipinski definition) is 2. The fraction of sp³-hybridized carbons (Fsp3) is 0.200. The zero-order chi connectivity index (χ0) is 18.8. The number of amides is 2. The molecule has 2 aromatic carbocycles. The molecular formula is C20H18BrFN2O2. The number of ketones is 1. The summed E-state index contributed by atoms with van der Waals surface area (Å²) in [6.07, 6.45) is 3.02. The Kier molecular flexibility index (Phi) is 5.23. The molecule has 0 spiro atoms. The Balaban J connectivity index is 1.90. The number of anilines is 1. The van der Waals surface area contributed by atoms with E-state index < -0.39 is 6.04 Å². The Labute approximate surface area is 159 Å². The Morgan fingerprint density at radius 1 is 1.23 bits per heavy atom. The molecular weight excluding hydrogens is 399 g/mol. The van der Waals surface area contributed by atoms with Crippen molar-refractivity contribution in [3.05, 3.63) is 75.7 Å². The van der Waals surface area contributed by atoms with Crippen molar-refractivity contribution < 1.29 is 14.0 Å². The summed E-state index contributed by atoms with van der Waals surface area (Å²) in [5, 5.41) is 2.89. The van der Waals surface area contributed by atoms with Gasteiger partial charge in [0.2, 0.25) is 0 Å². The van der Waals surface area contributed by atoms with Gasteiger partial charge in [-0.15, -0.1) is 0 Å². The number of halogens is 2. The van der Waals surface area contributed by atoms with Crippen LogP contribution in [-0.4, -0.2) is 16.7 Å². The van der Waals surface area contributed by atoms with E-state index in [1.165, 1.54) is 29.3 Å². The second-order valence-electron chi connectivity index (χ2n) is 6.33. The van der Waals surface area contributed by atoms with Crippen molar-refractivity contribution in [2.24, 2.45) is 0 Å². The van der Waals surface area contributed by atoms with Gasteiger partial charge in [0.25, 0.3) is 0 Å². The number of urea groups is 1. The molecule has 0 aromatic heterocycles. The summed E-state index contributed by atoms with van der Waals surface area (Å²) >= 11 is 3.50. The number of nitrogens with zero attached hydrogens (tertiary/aromatic N) is 1. The minimum absolute atomic E-state index is 0.0732. The molecule has 4 nitrogen and oxygen atoms in total. The zero-order valence-electron chi connectivity index (χ0n) is 14.4. The van der Waals surface area contributed by atoms with Crippen LogP contribution in [0.25, 0.3) is 0 Å². The fourth-order valence-electron chi connectivity index (χ4n) is 3.02. The topological polar surface area (TPSA) is 49.4 Å². The molecule has 0 saturated carbocycles. The number of aryl methyl sites for hydroxylation is 2. The Bertz CT molecular complexity index is 893. The minimum atomic E-state index is -0.474. The number of benzene rings is 2. The SMILES string of the molecule is Cc1cc(C)c(Br)c(NC(=O)N2C=CC(=O)CC2c2ccc(F)cc2)c1. The maximum absolute atomic E-state index is 13.2. The van der Waals surface area contributed by atoms with Crippen LogP contribution in [-0.2, 0) is 4.79 Å². The third kappa shape index (κ3) is 3.85. The summed E-state index contributed by atoms with van der Waals surface area (Å²) in [7, 11) is 0. The van der Waals surface area contributed by atoms with Crippen LogP contribution in [0.2, 0.25) is 0 Å². The number of rotatable bonds is 2. The average Bonchev–Trinajstić information content (AvgIpc) is 2.59. The number of carbonyl (C=O) groups excluding carboxylic acids is 2. The molecule has 2 aromatic rings. The third-order valence-electron chi connectivity index (χ3n) is 4.28. The van der Waals surface area contributed by atoms with E-state index in [9.17, 15) is 14.0 Å². The second-order valence-corrected chi connectivity index (χ2v) is 7.13. The maximum atomic E-state index is 13.2. The van der Waals surface area contributed by atoms with Crippen molar-refractivity contribution in [1.29, 1.82) is 0 Å². The Morgan fingerprint density at radius 2 is 1.92 bits per heavy atom. The van der Waals surface area contributed by atoms with Gasteiger partial charge in [0, 0.05) is 17.1 Å². The van der Waals surface area contributed by atoms with Gasteiger partial charge < -0.3 is 5.32 Å². The van der Waals surface area contributed by atoms with E-state index in [0.717, 1.165) is 15.6 Å². The highest BCUT2D eigenvalue weighted by atomic mass is 79.9. The number of nitrogens with one attached hydrogen (secondary N) is 1. The molecule has 0 fully saturated rings. The molecule has 3 rings (SSSR count). The summed E-state index contributed by atoms with van der Waals surface area (Å²) in [6, 6.07) is 8.91. The van der Waals surface area contributed by atoms with Crippen LogP contribution >= 0.6 is 15.9 Å². The molecule has 1 unspecified atom stereocenters. The highest BCUT2D eigenvalue weighted by Crippen LogP contribution is 2.32. The standard InChI is InChI=1S/C20H18BrFN2O2/c1-12-9-13(2)19(21)17(10-12)23-20(26)24-8-7-16(25)11-18(24)14-3-5-15(22)6-4-14/h3-10,18H,11H2,1-2H3,(H,23,26). The van der Waals surface area contributed by atoms with Gasteiger partial charge >= 0.3 is 6.03 Å². The predicted molar refractivity (Wildman–Crippen MR) is 102 cm³/mol. The molecule has 1 heterocycles. The molecule has 0 bridgehead atoms. The van der Waals surface area contributed by atoms with E-state index in [-0.39, 0.29) is 24.1 Å². The van der Waals surface area contributed by atoms with Crippen LogP contribution in [0.5, 0.6) is 0 Å². The number of allylic oxidation sites excluding steroid dienone is 1. The van der Waals surface area contributed by atoms with Crippen LogP contribution < -0.4 is 5.32 Å². The summed E-state index contributed by atoms with van der Waals surface area (Å²) in [5.74, 6) is -0.433. The van der Waals surface area contributed by atoms with E-state index in [1.54, 1.807) is 12.1 Å². The second kappa shape index (κ2) is 7.41. The van der Waals surface area contributed by atoms with Gasteiger partial charge in [-0.25, -0.2) is 9.18 Å². The number of hydrogen-bond donors (Lipinski definition) is 1. The molecule has 6 heteroatoms. The molecule has 1 aliphatic heterocycles. The van der Waals surface area contributed by atoms with Gasteiger partial charge in [0.05, 0.1) is 11.7 Å². The van der Waals surface area contributed by atoms with Crippen molar-refractivity contribution in [3.63, 3.8) is 0 Å².